The normalized spacial score (nSPS) is 26.3. The summed E-state index contributed by atoms with van der Waals surface area (Å²) in [5.74, 6) is -4.96. The standard InChI is InChI=1S/C28H28F4N2O8S/c1-41-21-12-20(29)22(42-17-8-15(9-17)27(37)38)11-19(21)25(35)34-24-14-6-5-13(7-14)23(24)26(36)33-16-3-2-4-18(10-16)43(39,40)28(30,31)32/h2-4,10-15,17,23-24H,5-9H2,1H3,(H,33,36)(H,34,35)(H,37,38)/t13-,14+,15-,17-,23+,24-/m1/s1. The van der Waals surface area contributed by atoms with Crippen molar-refractivity contribution in [1.29, 1.82) is 0 Å². The number of carbonyl (C=O) groups is 3. The first-order chi connectivity index (χ1) is 20.2. The molecular formula is C28H28F4N2O8S. The van der Waals surface area contributed by atoms with Gasteiger partial charge < -0.3 is 25.2 Å². The minimum atomic E-state index is -5.63. The van der Waals surface area contributed by atoms with E-state index in [1.165, 1.54) is 13.2 Å². The molecule has 2 aromatic rings. The molecule has 15 heteroatoms. The van der Waals surface area contributed by atoms with E-state index in [9.17, 15) is 40.4 Å². The fourth-order valence-electron chi connectivity index (χ4n) is 6.22. The molecule has 0 unspecified atom stereocenters. The Kier molecular flexibility index (Phi) is 8.05. The lowest BCUT2D eigenvalue weighted by Crippen LogP contribution is -2.48. The van der Waals surface area contributed by atoms with Gasteiger partial charge in [-0.05, 0) is 68.2 Å². The molecule has 3 aliphatic carbocycles. The summed E-state index contributed by atoms with van der Waals surface area (Å²) in [7, 11) is -4.38. The number of carbonyl (C=O) groups excluding carboxylic acids is 2. The van der Waals surface area contributed by atoms with Crippen molar-refractivity contribution < 1.29 is 54.9 Å². The van der Waals surface area contributed by atoms with Crippen LogP contribution in [-0.2, 0) is 19.4 Å². The number of halogens is 4. The van der Waals surface area contributed by atoms with Gasteiger partial charge in [-0.2, -0.15) is 13.2 Å². The number of methoxy groups -OCH3 is 1. The second-order valence-electron chi connectivity index (χ2n) is 11.1. The van der Waals surface area contributed by atoms with Gasteiger partial charge in [-0.1, -0.05) is 6.07 Å². The lowest BCUT2D eigenvalue weighted by atomic mass is 9.82. The molecule has 2 amide bonds. The average Bonchev–Trinajstić information content (AvgIpc) is 3.52. The molecule has 232 valence electrons. The number of hydrogen-bond donors (Lipinski definition) is 3. The highest BCUT2D eigenvalue weighted by molar-refractivity contribution is 7.92. The number of hydrogen-bond acceptors (Lipinski definition) is 7. The van der Waals surface area contributed by atoms with Gasteiger partial charge >= 0.3 is 11.5 Å². The van der Waals surface area contributed by atoms with E-state index in [0.717, 1.165) is 36.8 Å². The highest BCUT2D eigenvalue weighted by Gasteiger charge is 2.52. The number of benzene rings is 2. The van der Waals surface area contributed by atoms with E-state index in [4.69, 9.17) is 14.6 Å². The van der Waals surface area contributed by atoms with Gasteiger partial charge in [-0.3, -0.25) is 14.4 Å². The number of nitrogens with one attached hydrogen (secondary N) is 2. The maximum Gasteiger partial charge on any atom is 0.501 e. The van der Waals surface area contributed by atoms with Crippen LogP contribution in [0.2, 0.25) is 0 Å². The highest BCUT2D eigenvalue weighted by atomic mass is 32.2. The van der Waals surface area contributed by atoms with Gasteiger partial charge in [-0.15, -0.1) is 0 Å². The summed E-state index contributed by atoms with van der Waals surface area (Å²) < 4.78 is 88.3. The first-order valence-corrected chi connectivity index (χ1v) is 15.0. The average molecular weight is 629 g/mol. The quantitative estimate of drug-likeness (QED) is 0.351. The summed E-state index contributed by atoms with van der Waals surface area (Å²) in [6.45, 7) is 0. The van der Waals surface area contributed by atoms with Crippen LogP contribution < -0.4 is 20.1 Å². The molecule has 3 fully saturated rings. The summed E-state index contributed by atoms with van der Waals surface area (Å²) in [5, 5.41) is 14.4. The number of rotatable bonds is 9. The van der Waals surface area contributed by atoms with Crippen molar-refractivity contribution in [3.05, 3.63) is 47.8 Å². The Hall–Kier alpha value is -3.88. The minimum Gasteiger partial charge on any atom is -0.496 e. The first kappa shape index (κ1) is 30.6. The Bertz CT molecular complexity index is 1560. The van der Waals surface area contributed by atoms with Gasteiger partial charge in [0.2, 0.25) is 5.91 Å². The molecule has 10 nitrogen and oxygen atoms in total. The number of sulfone groups is 1. The van der Waals surface area contributed by atoms with Crippen molar-refractivity contribution in [2.45, 2.75) is 54.7 Å². The SMILES string of the molecule is COc1cc(F)c(O[C@H]2C[C@H](C(=O)O)C2)cc1C(=O)N[C@@H]1[C@H]2CC[C@H](C2)[C@@H]1C(=O)Nc1cccc(S(=O)(=O)C(F)(F)F)c1. The summed E-state index contributed by atoms with van der Waals surface area (Å²) in [6, 6.07) is 5.32. The number of alkyl halides is 3. The number of carboxylic acid groups (broad SMARTS) is 1. The number of amides is 2. The molecule has 0 aliphatic heterocycles. The third-order valence-corrected chi connectivity index (χ3v) is 9.95. The van der Waals surface area contributed by atoms with E-state index in [0.29, 0.717) is 12.8 Å². The maximum atomic E-state index is 14.7. The summed E-state index contributed by atoms with van der Waals surface area (Å²) >= 11 is 0. The molecule has 3 N–H and O–H groups in total. The maximum absolute atomic E-state index is 14.7. The van der Waals surface area contributed by atoms with E-state index < -0.39 is 67.8 Å². The van der Waals surface area contributed by atoms with E-state index in [-0.39, 0.29) is 47.4 Å². The Morgan fingerprint density at radius 2 is 1.70 bits per heavy atom. The number of aliphatic carboxylic acids is 1. The fourth-order valence-corrected chi connectivity index (χ4v) is 7.03. The van der Waals surface area contributed by atoms with Gasteiger partial charge in [0, 0.05) is 17.8 Å². The smallest absolute Gasteiger partial charge is 0.496 e. The molecule has 0 spiro atoms. The molecule has 3 aliphatic rings. The largest absolute Gasteiger partial charge is 0.501 e. The monoisotopic (exact) mass is 628 g/mol. The second-order valence-corrected chi connectivity index (χ2v) is 13.0. The van der Waals surface area contributed by atoms with E-state index in [1.54, 1.807) is 0 Å². The summed E-state index contributed by atoms with van der Waals surface area (Å²) in [6.07, 6.45) is 1.87. The molecule has 4 atom stereocenters. The Morgan fingerprint density at radius 3 is 2.35 bits per heavy atom. The zero-order chi connectivity index (χ0) is 31.3. The Morgan fingerprint density at radius 1 is 1.00 bits per heavy atom. The van der Waals surface area contributed by atoms with Crippen LogP contribution in [-0.4, -0.2) is 56.1 Å². The predicted octanol–water partition coefficient (Wildman–Crippen LogP) is 4.15. The van der Waals surface area contributed by atoms with Crippen molar-refractivity contribution in [2.24, 2.45) is 23.7 Å². The number of carboxylic acids is 1. The molecule has 0 heterocycles. The van der Waals surface area contributed by atoms with Crippen LogP contribution in [0.15, 0.2) is 41.3 Å². The van der Waals surface area contributed by atoms with Gasteiger partial charge in [0.05, 0.1) is 29.4 Å². The summed E-state index contributed by atoms with van der Waals surface area (Å²) in [4.78, 5) is 36.9. The second kappa shape index (κ2) is 11.3. The third-order valence-electron chi connectivity index (χ3n) is 8.47. The van der Waals surface area contributed by atoms with Crippen LogP contribution in [0, 0.1) is 29.5 Å². The molecule has 3 saturated carbocycles. The molecule has 43 heavy (non-hydrogen) atoms. The third kappa shape index (κ3) is 5.86. The molecule has 0 radical (unpaired) electrons. The lowest BCUT2D eigenvalue weighted by Gasteiger charge is -2.33. The topological polar surface area (TPSA) is 148 Å². The van der Waals surface area contributed by atoms with E-state index >= 15 is 0 Å². The molecular weight excluding hydrogens is 600 g/mol. The van der Waals surface area contributed by atoms with Gasteiger partial charge in [0.15, 0.2) is 11.6 Å². The minimum absolute atomic E-state index is 0.0694. The zero-order valence-electron chi connectivity index (χ0n) is 22.7. The molecule has 2 bridgehead atoms. The molecule has 0 saturated heterocycles. The Labute approximate surface area is 243 Å². The van der Waals surface area contributed by atoms with Crippen LogP contribution in [0.1, 0.15) is 42.5 Å². The molecule has 5 rings (SSSR count). The first-order valence-electron chi connectivity index (χ1n) is 13.5. The number of fused-ring (bicyclic) bond motifs is 2. The predicted molar refractivity (Wildman–Crippen MR) is 142 cm³/mol. The van der Waals surface area contributed by atoms with Gasteiger partial charge in [-0.25, -0.2) is 12.8 Å². The van der Waals surface area contributed by atoms with Crippen molar-refractivity contribution in [1.82, 2.24) is 5.32 Å². The number of ether oxygens (including phenoxy) is 2. The Balaban J connectivity index is 1.33. The highest BCUT2D eigenvalue weighted by Crippen LogP contribution is 2.49. The number of anilines is 1. The van der Waals surface area contributed by atoms with E-state index in [1.807, 2.05) is 0 Å². The van der Waals surface area contributed by atoms with Gasteiger partial charge in [0.25, 0.3) is 15.7 Å². The van der Waals surface area contributed by atoms with Crippen LogP contribution >= 0.6 is 0 Å². The van der Waals surface area contributed by atoms with Crippen molar-refractivity contribution >= 4 is 33.3 Å². The summed E-state index contributed by atoms with van der Waals surface area (Å²) in [5.41, 5.74) is -5.73. The van der Waals surface area contributed by atoms with Crippen molar-refractivity contribution in [3.63, 3.8) is 0 Å². The molecule has 0 aromatic heterocycles. The van der Waals surface area contributed by atoms with E-state index in [2.05, 4.69) is 10.6 Å². The van der Waals surface area contributed by atoms with Crippen LogP contribution in [0.5, 0.6) is 11.5 Å². The van der Waals surface area contributed by atoms with Crippen LogP contribution in [0.25, 0.3) is 0 Å². The van der Waals surface area contributed by atoms with Crippen molar-refractivity contribution in [2.75, 3.05) is 12.4 Å². The van der Waals surface area contributed by atoms with Crippen LogP contribution in [0.4, 0.5) is 23.2 Å². The molecule has 2 aromatic carbocycles. The fraction of sp³-hybridized carbons (Fsp3) is 0.464. The van der Waals surface area contributed by atoms with Crippen molar-refractivity contribution in [3.8, 4) is 11.5 Å². The van der Waals surface area contributed by atoms with Gasteiger partial charge in [0.1, 0.15) is 11.9 Å². The lowest BCUT2D eigenvalue weighted by molar-refractivity contribution is -0.148. The zero-order valence-corrected chi connectivity index (χ0v) is 23.5. The van der Waals surface area contributed by atoms with Crippen LogP contribution in [0.3, 0.4) is 0 Å².